The van der Waals surface area contributed by atoms with Gasteiger partial charge >= 0.3 is 0 Å². The number of allylic oxidation sites excluding steroid dienone is 1. The van der Waals surface area contributed by atoms with Gasteiger partial charge in [-0.3, -0.25) is 9.79 Å². The molecule has 0 unspecified atom stereocenters. The van der Waals surface area contributed by atoms with E-state index < -0.39 is 5.54 Å². The molecule has 1 N–H and O–H groups in total. The molecule has 0 aliphatic rings. The number of amides is 1. The van der Waals surface area contributed by atoms with Crippen molar-refractivity contribution in [1.82, 2.24) is 5.32 Å². The highest BCUT2D eigenvalue weighted by Crippen LogP contribution is 2.10. The summed E-state index contributed by atoms with van der Waals surface area (Å²) in [5, 5.41) is 2.65. The Labute approximate surface area is 96.8 Å². The minimum Gasteiger partial charge on any atom is -0.344 e. The highest BCUT2D eigenvalue weighted by atomic mass is 16.2. The SMILES string of the molecule is C=N/C=C(\CC)CCC(=O)NC(C)(C)C=O. The maximum atomic E-state index is 11.5. The predicted molar refractivity (Wildman–Crippen MR) is 65.4 cm³/mol. The van der Waals surface area contributed by atoms with Gasteiger partial charge in [-0.2, -0.15) is 0 Å². The first-order valence-corrected chi connectivity index (χ1v) is 5.36. The van der Waals surface area contributed by atoms with Crippen molar-refractivity contribution in [3.63, 3.8) is 0 Å². The molecule has 0 atom stereocenters. The second-order valence-corrected chi connectivity index (χ2v) is 4.21. The second kappa shape index (κ2) is 6.93. The summed E-state index contributed by atoms with van der Waals surface area (Å²) in [5.74, 6) is -0.125. The van der Waals surface area contributed by atoms with Gasteiger partial charge in [-0.05, 0) is 33.4 Å². The highest BCUT2D eigenvalue weighted by molar-refractivity contribution is 5.81. The maximum absolute atomic E-state index is 11.5. The van der Waals surface area contributed by atoms with Crippen LogP contribution >= 0.6 is 0 Å². The fourth-order valence-corrected chi connectivity index (χ4v) is 1.19. The summed E-state index contributed by atoms with van der Waals surface area (Å²) in [4.78, 5) is 25.8. The minimum absolute atomic E-state index is 0.125. The van der Waals surface area contributed by atoms with Crippen LogP contribution in [0.4, 0.5) is 0 Å². The standard InChI is InChI=1S/C12H20N2O2/c1-5-10(8-13-4)6-7-11(16)14-12(2,3)9-15/h8-9H,4-7H2,1-3H3,(H,14,16)/b10-8+. The van der Waals surface area contributed by atoms with E-state index in [1.54, 1.807) is 20.0 Å². The van der Waals surface area contributed by atoms with Crippen LogP contribution in [0.25, 0.3) is 0 Å². The fourth-order valence-electron chi connectivity index (χ4n) is 1.19. The molecule has 0 bridgehead atoms. The summed E-state index contributed by atoms with van der Waals surface area (Å²) in [6, 6.07) is 0. The minimum atomic E-state index is -0.788. The van der Waals surface area contributed by atoms with Crippen molar-refractivity contribution in [2.75, 3.05) is 0 Å². The van der Waals surface area contributed by atoms with Gasteiger partial charge in [0.2, 0.25) is 5.91 Å². The molecule has 1 amide bonds. The number of hydrogen-bond donors (Lipinski definition) is 1. The maximum Gasteiger partial charge on any atom is 0.221 e. The average molecular weight is 224 g/mol. The van der Waals surface area contributed by atoms with Gasteiger partial charge in [-0.25, -0.2) is 0 Å². The molecule has 0 saturated heterocycles. The Morgan fingerprint density at radius 2 is 2.06 bits per heavy atom. The van der Waals surface area contributed by atoms with Gasteiger partial charge < -0.3 is 10.1 Å². The fraction of sp³-hybridized carbons (Fsp3) is 0.583. The van der Waals surface area contributed by atoms with Crippen molar-refractivity contribution in [2.24, 2.45) is 4.99 Å². The molecule has 0 saturated carbocycles. The first-order valence-electron chi connectivity index (χ1n) is 5.36. The number of rotatable bonds is 7. The Kier molecular flexibility index (Phi) is 6.30. The summed E-state index contributed by atoms with van der Waals surface area (Å²) in [6.45, 7) is 8.71. The second-order valence-electron chi connectivity index (χ2n) is 4.21. The molecule has 4 nitrogen and oxygen atoms in total. The lowest BCUT2D eigenvalue weighted by atomic mass is 10.1. The lowest BCUT2D eigenvalue weighted by Crippen LogP contribution is -2.44. The Morgan fingerprint density at radius 3 is 2.50 bits per heavy atom. The van der Waals surface area contributed by atoms with Gasteiger partial charge in [0.05, 0.1) is 5.54 Å². The Morgan fingerprint density at radius 1 is 1.44 bits per heavy atom. The van der Waals surface area contributed by atoms with Gasteiger partial charge in [0.25, 0.3) is 0 Å². The van der Waals surface area contributed by atoms with E-state index in [1.807, 2.05) is 6.92 Å². The van der Waals surface area contributed by atoms with Gasteiger partial charge in [-0.1, -0.05) is 12.5 Å². The summed E-state index contributed by atoms with van der Waals surface area (Å²) in [5.41, 5.74) is 0.290. The van der Waals surface area contributed by atoms with Crippen LogP contribution in [-0.4, -0.2) is 24.4 Å². The van der Waals surface area contributed by atoms with E-state index in [-0.39, 0.29) is 5.91 Å². The first-order chi connectivity index (χ1) is 7.45. The van der Waals surface area contributed by atoms with E-state index in [9.17, 15) is 9.59 Å². The van der Waals surface area contributed by atoms with E-state index in [1.165, 1.54) is 0 Å². The molecule has 0 rings (SSSR count). The molecule has 0 aliphatic heterocycles. The topological polar surface area (TPSA) is 58.5 Å². The van der Waals surface area contributed by atoms with Gasteiger partial charge in [-0.15, -0.1) is 0 Å². The average Bonchev–Trinajstić information content (AvgIpc) is 2.23. The first kappa shape index (κ1) is 14.6. The molecule has 4 heteroatoms. The third-order valence-corrected chi connectivity index (χ3v) is 2.16. The van der Waals surface area contributed by atoms with Crippen molar-refractivity contribution in [3.05, 3.63) is 11.8 Å². The van der Waals surface area contributed by atoms with Crippen LogP contribution in [-0.2, 0) is 9.59 Å². The normalized spacial score (nSPS) is 12.1. The van der Waals surface area contributed by atoms with Crippen LogP contribution in [0.1, 0.15) is 40.0 Å². The molecule has 0 aromatic rings. The van der Waals surface area contributed by atoms with Crippen LogP contribution in [0.5, 0.6) is 0 Å². The molecule has 0 radical (unpaired) electrons. The van der Waals surface area contributed by atoms with Crippen LogP contribution in [0.2, 0.25) is 0 Å². The van der Waals surface area contributed by atoms with Gasteiger partial charge in [0.1, 0.15) is 6.29 Å². The molecule has 0 heterocycles. The number of carbonyl (C=O) groups excluding carboxylic acids is 2. The highest BCUT2D eigenvalue weighted by Gasteiger charge is 2.18. The summed E-state index contributed by atoms with van der Waals surface area (Å²) < 4.78 is 0. The summed E-state index contributed by atoms with van der Waals surface area (Å²) >= 11 is 0. The number of nitrogens with zero attached hydrogens (tertiary/aromatic N) is 1. The van der Waals surface area contributed by atoms with Crippen LogP contribution in [0.15, 0.2) is 16.8 Å². The zero-order chi connectivity index (χ0) is 12.6. The van der Waals surface area contributed by atoms with Crippen LogP contribution < -0.4 is 5.32 Å². The molecule has 0 spiro atoms. The molecule has 0 aliphatic carbocycles. The van der Waals surface area contributed by atoms with Crippen molar-refractivity contribution in [1.29, 1.82) is 0 Å². The monoisotopic (exact) mass is 224 g/mol. The molecule has 16 heavy (non-hydrogen) atoms. The Balaban J connectivity index is 4.12. The zero-order valence-corrected chi connectivity index (χ0v) is 10.2. The molecule has 0 fully saturated rings. The lowest BCUT2D eigenvalue weighted by Gasteiger charge is -2.18. The summed E-state index contributed by atoms with van der Waals surface area (Å²) in [6.07, 6.45) is 4.27. The predicted octanol–water partition coefficient (Wildman–Crippen LogP) is 1.85. The number of nitrogens with one attached hydrogen (secondary N) is 1. The molecule has 0 aromatic carbocycles. The van der Waals surface area contributed by atoms with E-state index in [4.69, 9.17) is 0 Å². The van der Waals surface area contributed by atoms with Crippen molar-refractivity contribution < 1.29 is 9.59 Å². The zero-order valence-electron chi connectivity index (χ0n) is 10.2. The molecule has 0 aromatic heterocycles. The smallest absolute Gasteiger partial charge is 0.221 e. The lowest BCUT2D eigenvalue weighted by molar-refractivity contribution is -0.125. The molecular weight excluding hydrogens is 204 g/mol. The van der Waals surface area contributed by atoms with E-state index in [0.717, 1.165) is 18.3 Å². The van der Waals surface area contributed by atoms with Crippen molar-refractivity contribution in [2.45, 2.75) is 45.6 Å². The van der Waals surface area contributed by atoms with E-state index in [0.29, 0.717) is 12.8 Å². The van der Waals surface area contributed by atoms with Crippen LogP contribution in [0, 0.1) is 0 Å². The third-order valence-electron chi connectivity index (χ3n) is 2.16. The van der Waals surface area contributed by atoms with Gasteiger partial charge in [0, 0.05) is 12.6 Å². The van der Waals surface area contributed by atoms with E-state index >= 15 is 0 Å². The summed E-state index contributed by atoms with van der Waals surface area (Å²) in [7, 11) is 0. The number of aliphatic imine (C=N–C) groups is 1. The van der Waals surface area contributed by atoms with Crippen LogP contribution in [0.3, 0.4) is 0 Å². The van der Waals surface area contributed by atoms with Gasteiger partial charge in [0.15, 0.2) is 0 Å². The Bertz CT molecular complexity index is 293. The van der Waals surface area contributed by atoms with E-state index in [2.05, 4.69) is 17.0 Å². The third kappa shape index (κ3) is 6.11. The number of aldehydes is 1. The molecular formula is C12H20N2O2. The molecule has 90 valence electrons. The van der Waals surface area contributed by atoms with Crippen molar-refractivity contribution >= 4 is 18.9 Å². The quantitative estimate of drug-likeness (QED) is 0.530. The number of carbonyl (C=O) groups is 2. The number of hydrogen-bond acceptors (Lipinski definition) is 3. The largest absolute Gasteiger partial charge is 0.344 e. The Hall–Kier alpha value is -1.45. The van der Waals surface area contributed by atoms with Crippen molar-refractivity contribution in [3.8, 4) is 0 Å².